The second-order valence-electron chi connectivity index (χ2n) is 5.48. The third kappa shape index (κ3) is 4.07. The van der Waals surface area contributed by atoms with E-state index < -0.39 is 12.2 Å². The Morgan fingerprint density at radius 2 is 1.13 bits per heavy atom. The third-order valence-electron chi connectivity index (χ3n) is 3.83. The summed E-state index contributed by atoms with van der Waals surface area (Å²) in [6.07, 6.45) is -1.11. The summed E-state index contributed by atoms with van der Waals surface area (Å²) in [5.41, 5.74) is 2.92. The van der Waals surface area contributed by atoms with Crippen molar-refractivity contribution in [2.24, 2.45) is 0 Å². The minimum absolute atomic E-state index is 0.404. The minimum atomic E-state index is -0.706. The SMILES string of the molecule is OC(c1ccccc1)C(OCc1ccccc1)c1ccccc1. The molecule has 0 fully saturated rings. The smallest absolute Gasteiger partial charge is 0.113 e. The van der Waals surface area contributed by atoms with Crippen LogP contribution in [0.25, 0.3) is 0 Å². The van der Waals surface area contributed by atoms with Crippen molar-refractivity contribution in [3.8, 4) is 0 Å². The number of ether oxygens (including phenoxy) is 1. The number of hydrogen-bond donors (Lipinski definition) is 1. The van der Waals surface area contributed by atoms with Crippen LogP contribution in [0, 0.1) is 0 Å². The summed E-state index contributed by atoms with van der Waals surface area (Å²) in [4.78, 5) is 0. The standard InChI is InChI=1S/C21H20O2/c22-20(18-12-6-2-7-13-18)21(19-14-8-3-9-15-19)23-16-17-10-4-1-5-11-17/h1-15,20-22H,16H2. The fourth-order valence-corrected chi connectivity index (χ4v) is 2.60. The van der Waals surface area contributed by atoms with Crippen molar-refractivity contribution >= 4 is 0 Å². The van der Waals surface area contributed by atoms with E-state index in [2.05, 4.69) is 0 Å². The maximum Gasteiger partial charge on any atom is 0.113 e. The van der Waals surface area contributed by atoms with E-state index in [9.17, 15) is 5.11 Å². The first-order chi connectivity index (χ1) is 11.3. The Morgan fingerprint density at radius 1 is 0.652 bits per heavy atom. The Bertz CT molecular complexity index is 696. The normalized spacial score (nSPS) is 13.4. The van der Waals surface area contributed by atoms with Crippen LogP contribution >= 0.6 is 0 Å². The van der Waals surface area contributed by atoms with Gasteiger partial charge < -0.3 is 9.84 Å². The van der Waals surface area contributed by atoms with E-state index >= 15 is 0 Å². The van der Waals surface area contributed by atoms with Crippen LogP contribution < -0.4 is 0 Å². The lowest BCUT2D eigenvalue weighted by Crippen LogP contribution is -2.14. The number of aliphatic hydroxyl groups excluding tert-OH is 1. The Kier molecular flexibility index (Phi) is 5.20. The molecule has 2 heteroatoms. The molecule has 23 heavy (non-hydrogen) atoms. The lowest BCUT2D eigenvalue weighted by molar-refractivity contribution is -0.0497. The molecular weight excluding hydrogens is 284 g/mol. The van der Waals surface area contributed by atoms with Crippen LogP contribution in [0.4, 0.5) is 0 Å². The molecule has 2 atom stereocenters. The molecule has 0 heterocycles. The Labute approximate surface area is 137 Å². The first-order valence-electron chi connectivity index (χ1n) is 7.78. The molecular formula is C21H20O2. The average Bonchev–Trinajstić information content (AvgIpc) is 2.64. The quantitative estimate of drug-likeness (QED) is 0.716. The molecule has 0 bridgehead atoms. The third-order valence-corrected chi connectivity index (χ3v) is 3.83. The van der Waals surface area contributed by atoms with Gasteiger partial charge in [0.25, 0.3) is 0 Å². The van der Waals surface area contributed by atoms with Gasteiger partial charge in [-0.2, -0.15) is 0 Å². The topological polar surface area (TPSA) is 29.5 Å². The molecule has 0 aliphatic rings. The molecule has 0 saturated carbocycles. The van der Waals surface area contributed by atoms with Crippen molar-refractivity contribution in [2.75, 3.05) is 0 Å². The lowest BCUT2D eigenvalue weighted by Gasteiger charge is -2.24. The fraction of sp³-hybridized carbons (Fsp3) is 0.143. The molecule has 0 saturated heterocycles. The monoisotopic (exact) mass is 304 g/mol. The summed E-state index contributed by atoms with van der Waals surface area (Å²) in [6.45, 7) is 0.463. The van der Waals surface area contributed by atoms with Crippen LogP contribution in [0.2, 0.25) is 0 Å². The molecule has 3 rings (SSSR count). The van der Waals surface area contributed by atoms with Gasteiger partial charge in [-0.15, -0.1) is 0 Å². The van der Waals surface area contributed by atoms with E-state index in [4.69, 9.17) is 4.74 Å². The van der Waals surface area contributed by atoms with E-state index in [1.807, 2.05) is 91.0 Å². The first kappa shape index (κ1) is 15.5. The van der Waals surface area contributed by atoms with Gasteiger partial charge in [0.1, 0.15) is 12.2 Å². The summed E-state index contributed by atoms with van der Waals surface area (Å²) in [7, 11) is 0. The van der Waals surface area contributed by atoms with E-state index in [1.54, 1.807) is 0 Å². The summed E-state index contributed by atoms with van der Waals surface area (Å²) in [5.74, 6) is 0. The van der Waals surface area contributed by atoms with E-state index in [0.29, 0.717) is 6.61 Å². The predicted octanol–water partition coefficient (Wildman–Crippen LogP) is 4.68. The van der Waals surface area contributed by atoms with Gasteiger partial charge in [-0.3, -0.25) is 0 Å². The zero-order valence-corrected chi connectivity index (χ0v) is 12.9. The molecule has 0 spiro atoms. The Hall–Kier alpha value is -2.42. The highest BCUT2D eigenvalue weighted by Gasteiger charge is 2.23. The van der Waals surface area contributed by atoms with Gasteiger partial charge >= 0.3 is 0 Å². The number of rotatable bonds is 6. The number of aliphatic hydroxyl groups is 1. The summed E-state index contributed by atoms with van der Waals surface area (Å²) in [5, 5.41) is 10.8. The maximum atomic E-state index is 10.8. The van der Waals surface area contributed by atoms with E-state index in [1.165, 1.54) is 0 Å². The minimum Gasteiger partial charge on any atom is -0.385 e. The molecule has 3 aromatic carbocycles. The van der Waals surface area contributed by atoms with Crippen LogP contribution in [0.5, 0.6) is 0 Å². The zero-order valence-electron chi connectivity index (χ0n) is 12.9. The van der Waals surface area contributed by atoms with Crippen LogP contribution in [0.1, 0.15) is 28.9 Å². The van der Waals surface area contributed by atoms with Gasteiger partial charge in [0.05, 0.1) is 6.61 Å². The molecule has 2 nitrogen and oxygen atoms in total. The van der Waals surface area contributed by atoms with Gasteiger partial charge in [0.2, 0.25) is 0 Å². The van der Waals surface area contributed by atoms with Gasteiger partial charge in [0.15, 0.2) is 0 Å². The number of benzene rings is 3. The van der Waals surface area contributed by atoms with E-state index in [-0.39, 0.29) is 0 Å². The Balaban J connectivity index is 1.82. The van der Waals surface area contributed by atoms with Gasteiger partial charge in [-0.05, 0) is 16.7 Å². The first-order valence-corrected chi connectivity index (χ1v) is 7.78. The van der Waals surface area contributed by atoms with Crippen molar-refractivity contribution in [1.82, 2.24) is 0 Å². The zero-order chi connectivity index (χ0) is 15.9. The fourth-order valence-electron chi connectivity index (χ4n) is 2.60. The highest BCUT2D eigenvalue weighted by Crippen LogP contribution is 2.32. The molecule has 0 aliphatic heterocycles. The molecule has 1 N–H and O–H groups in total. The van der Waals surface area contributed by atoms with Crippen LogP contribution in [0.3, 0.4) is 0 Å². The Morgan fingerprint density at radius 3 is 1.70 bits per heavy atom. The summed E-state index contributed by atoms with van der Waals surface area (Å²) in [6, 6.07) is 29.5. The predicted molar refractivity (Wildman–Crippen MR) is 91.8 cm³/mol. The van der Waals surface area contributed by atoms with Crippen molar-refractivity contribution in [2.45, 2.75) is 18.8 Å². The van der Waals surface area contributed by atoms with E-state index in [0.717, 1.165) is 16.7 Å². The summed E-state index contributed by atoms with van der Waals surface area (Å²) < 4.78 is 6.08. The lowest BCUT2D eigenvalue weighted by atomic mass is 9.98. The highest BCUT2D eigenvalue weighted by atomic mass is 16.5. The number of hydrogen-bond acceptors (Lipinski definition) is 2. The molecule has 0 radical (unpaired) electrons. The molecule has 0 amide bonds. The van der Waals surface area contributed by atoms with Crippen molar-refractivity contribution in [3.63, 3.8) is 0 Å². The summed E-state index contributed by atoms with van der Waals surface area (Å²) >= 11 is 0. The second-order valence-corrected chi connectivity index (χ2v) is 5.48. The van der Waals surface area contributed by atoms with Crippen LogP contribution in [0.15, 0.2) is 91.0 Å². The van der Waals surface area contributed by atoms with Crippen molar-refractivity contribution < 1.29 is 9.84 Å². The molecule has 2 unspecified atom stereocenters. The largest absolute Gasteiger partial charge is 0.385 e. The highest BCUT2D eigenvalue weighted by molar-refractivity contribution is 5.25. The molecule has 0 aromatic heterocycles. The van der Waals surface area contributed by atoms with Gasteiger partial charge in [0, 0.05) is 0 Å². The van der Waals surface area contributed by atoms with Crippen LogP contribution in [-0.4, -0.2) is 5.11 Å². The van der Waals surface area contributed by atoms with Crippen LogP contribution in [-0.2, 0) is 11.3 Å². The second kappa shape index (κ2) is 7.73. The van der Waals surface area contributed by atoms with Crippen molar-refractivity contribution in [3.05, 3.63) is 108 Å². The maximum absolute atomic E-state index is 10.8. The molecule has 3 aromatic rings. The van der Waals surface area contributed by atoms with Crippen molar-refractivity contribution in [1.29, 1.82) is 0 Å². The van der Waals surface area contributed by atoms with Gasteiger partial charge in [-0.1, -0.05) is 91.0 Å². The average molecular weight is 304 g/mol. The molecule has 0 aliphatic carbocycles. The molecule has 116 valence electrons. The van der Waals surface area contributed by atoms with Gasteiger partial charge in [-0.25, -0.2) is 0 Å².